The molecule has 0 saturated heterocycles. The highest BCUT2D eigenvalue weighted by Gasteiger charge is 2.10. The van der Waals surface area contributed by atoms with Gasteiger partial charge >= 0.3 is 0 Å². The number of amides is 2. The second-order valence-corrected chi connectivity index (χ2v) is 6.08. The number of rotatable bonds is 7. The predicted octanol–water partition coefficient (Wildman–Crippen LogP) is 2.95. The summed E-state index contributed by atoms with van der Waals surface area (Å²) in [6.45, 7) is 0.704. The van der Waals surface area contributed by atoms with Crippen LogP contribution < -0.4 is 15.4 Å². The number of hydrogen-bond acceptors (Lipinski definition) is 4. The van der Waals surface area contributed by atoms with Gasteiger partial charge < -0.3 is 15.4 Å². The van der Waals surface area contributed by atoms with E-state index >= 15 is 0 Å². The Morgan fingerprint density at radius 2 is 1.43 bits per heavy atom. The van der Waals surface area contributed by atoms with Crippen molar-refractivity contribution in [2.45, 2.75) is 13.1 Å². The fourth-order valence-electron chi connectivity index (χ4n) is 2.68. The third-order valence-corrected chi connectivity index (χ3v) is 4.20. The van der Waals surface area contributed by atoms with Crippen LogP contribution in [0.3, 0.4) is 0 Å². The Morgan fingerprint density at radius 3 is 2.04 bits per heavy atom. The number of nitrogens with one attached hydrogen (secondary N) is 2. The lowest BCUT2D eigenvalue weighted by Crippen LogP contribution is -2.24. The minimum absolute atomic E-state index is 0.216. The molecule has 0 aliphatic heterocycles. The molecule has 0 saturated carbocycles. The average molecular weight is 375 g/mol. The Kier molecular flexibility index (Phi) is 6.36. The Balaban J connectivity index is 1.55. The standard InChI is InChI=1S/C22H21N3O3/c1-28-20-8-3-2-6-18(20)14-24-21(26)16-9-11-17(12-10-16)22(27)25-15-19-7-4-5-13-23-19/h2-13H,14-15H2,1H3,(H,24,26)(H,25,27). The summed E-state index contributed by atoms with van der Waals surface area (Å²) < 4.78 is 5.28. The molecule has 142 valence electrons. The van der Waals surface area contributed by atoms with E-state index in [1.54, 1.807) is 37.6 Å². The van der Waals surface area contributed by atoms with Crippen LogP contribution in [0, 0.1) is 0 Å². The van der Waals surface area contributed by atoms with Crippen LogP contribution in [-0.4, -0.2) is 23.9 Å². The number of para-hydroxylation sites is 1. The number of benzene rings is 2. The van der Waals surface area contributed by atoms with Crippen LogP contribution in [0.5, 0.6) is 5.75 Å². The normalized spacial score (nSPS) is 10.2. The Bertz CT molecular complexity index is 941. The fraction of sp³-hybridized carbons (Fsp3) is 0.136. The van der Waals surface area contributed by atoms with Crippen molar-refractivity contribution in [2.24, 2.45) is 0 Å². The first-order chi connectivity index (χ1) is 13.7. The van der Waals surface area contributed by atoms with Crippen molar-refractivity contribution in [2.75, 3.05) is 7.11 Å². The van der Waals surface area contributed by atoms with Gasteiger partial charge in [0, 0.05) is 29.4 Å². The van der Waals surface area contributed by atoms with Crippen molar-refractivity contribution in [3.05, 3.63) is 95.3 Å². The van der Waals surface area contributed by atoms with Crippen LogP contribution in [-0.2, 0) is 13.1 Å². The molecule has 3 rings (SSSR count). The second kappa shape index (κ2) is 9.32. The van der Waals surface area contributed by atoms with Crippen LogP contribution in [0.25, 0.3) is 0 Å². The molecule has 0 radical (unpaired) electrons. The molecule has 2 N–H and O–H groups in total. The van der Waals surface area contributed by atoms with E-state index in [4.69, 9.17) is 4.74 Å². The summed E-state index contributed by atoms with van der Waals surface area (Å²) in [5.41, 5.74) is 2.64. The molecule has 0 unspecified atom stereocenters. The second-order valence-electron chi connectivity index (χ2n) is 6.08. The number of methoxy groups -OCH3 is 1. The van der Waals surface area contributed by atoms with Gasteiger partial charge in [0.25, 0.3) is 11.8 Å². The van der Waals surface area contributed by atoms with Gasteiger partial charge in [0.1, 0.15) is 5.75 Å². The highest BCUT2D eigenvalue weighted by atomic mass is 16.5. The maximum Gasteiger partial charge on any atom is 0.251 e. The Labute approximate surface area is 163 Å². The molecule has 0 aliphatic carbocycles. The van der Waals surface area contributed by atoms with Crippen LogP contribution in [0.1, 0.15) is 32.0 Å². The lowest BCUT2D eigenvalue weighted by Gasteiger charge is -2.10. The molecule has 28 heavy (non-hydrogen) atoms. The van der Waals surface area contributed by atoms with E-state index in [1.165, 1.54) is 0 Å². The molecule has 3 aromatic rings. The first-order valence-electron chi connectivity index (χ1n) is 8.85. The molecule has 0 bridgehead atoms. The van der Waals surface area contributed by atoms with Crippen LogP contribution in [0.15, 0.2) is 72.9 Å². The Morgan fingerprint density at radius 1 is 0.821 bits per heavy atom. The summed E-state index contributed by atoms with van der Waals surface area (Å²) in [7, 11) is 1.60. The lowest BCUT2D eigenvalue weighted by molar-refractivity contribution is 0.0938. The van der Waals surface area contributed by atoms with E-state index in [0.29, 0.717) is 24.2 Å². The summed E-state index contributed by atoms with van der Waals surface area (Å²) >= 11 is 0. The van der Waals surface area contributed by atoms with E-state index in [9.17, 15) is 9.59 Å². The van der Waals surface area contributed by atoms with Crippen molar-refractivity contribution in [3.8, 4) is 5.75 Å². The predicted molar refractivity (Wildman–Crippen MR) is 106 cm³/mol. The van der Waals surface area contributed by atoms with Crippen molar-refractivity contribution in [1.82, 2.24) is 15.6 Å². The highest BCUT2D eigenvalue weighted by molar-refractivity contribution is 5.97. The summed E-state index contributed by atoms with van der Waals surface area (Å²) in [6.07, 6.45) is 1.68. The van der Waals surface area contributed by atoms with Crippen LogP contribution >= 0.6 is 0 Å². The van der Waals surface area contributed by atoms with Gasteiger partial charge in [-0.3, -0.25) is 14.6 Å². The van der Waals surface area contributed by atoms with Crippen LogP contribution in [0.4, 0.5) is 0 Å². The number of aromatic nitrogens is 1. The number of nitrogens with zero attached hydrogens (tertiary/aromatic N) is 1. The van der Waals surface area contributed by atoms with Crippen molar-refractivity contribution < 1.29 is 14.3 Å². The molecule has 6 nitrogen and oxygen atoms in total. The number of hydrogen-bond donors (Lipinski definition) is 2. The largest absolute Gasteiger partial charge is 0.496 e. The first kappa shape index (κ1) is 19.1. The van der Waals surface area contributed by atoms with Gasteiger partial charge in [-0.2, -0.15) is 0 Å². The van der Waals surface area contributed by atoms with E-state index in [0.717, 1.165) is 17.0 Å². The third-order valence-electron chi connectivity index (χ3n) is 4.20. The number of pyridine rings is 1. The number of carbonyl (C=O) groups excluding carboxylic acids is 2. The van der Waals surface area contributed by atoms with Gasteiger partial charge in [0.05, 0.1) is 19.3 Å². The molecule has 1 heterocycles. The first-order valence-corrected chi connectivity index (χ1v) is 8.85. The SMILES string of the molecule is COc1ccccc1CNC(=O)c1ccc(C(=O)NCc2ccccn2)cc1. The summed E-state index contributed by atoms with van der Waals surface area (Å²) in [4.78, 5) is 28.7. The van der Waals surface area contributed by atoms with Gasteiger partial charge in [-0.1, -0.05) is 24.3 Å². The smallest absolute Gasteiger partial charge is 0.251 e. The molecule has 0 spiro atoms. The number of ether oxygens (including phenoxy) is 1. The summed E-state index contributed by atoms with van der Waals surface area (Å²) in [6, 6.07) is 19.6. The van der Waals surface area contributed by atoms with Gasteiger partial charge in [-0.15, -0.1) is 0 Å². The molecule has 0 aliphatic rings. The van der Waals surface area contributed by atoms with Gasteiger partial charge in [0.2, 0.25) is 0 Å². The van der Waals surface area contributed by atoms with E-state index in [-0.39, 0.29) is 11.8 Å². The minimum atomic E-state index is -0.216. The third kappa shape index (κ3) is 4.94. The molecule has 0 fully saturated rings. The zero-order chi connectivity index (χ0) is 19.8. The molecule has 0 atom stereocenters. The van der Waals surface area contributed by atoms with Crippen molar-refractivity contribution in [1.29, 1.82) is 0 Å². The number of carbonyl (C=O) groups is 2. The van der Waals surface area contributed by atoms with Gasteiger partial charge in [-0.05, 0) is 42.5 Å². The zero-order valence-corrected chi connectivity index (χ0v) is 15.5. The molecular weight excluding hydrogens is 354 g/mol. The van der Waals surface area contributed by atoms with Crippen LogP contribution in [0.2, 0.25) is 0 Å². The maximum absolute atomic E-state index is 12.3. The molecule has 1 aromatic heterocycles. The molecule has 2 aromatic carbocycles. The van der Waals surface area contributed by atoms with Gasteiger partial charge in [0.15, 0.2) is 0 Å². The zero-order valence-electron chi connectivity index (χ0n) is 15.5. The highest BCUT2D eigenvalue weighted by Crippen LogP contribution is 2.17. The monoisotopic (exact) mass is 375 g/mol. The lowest BCUT2D eigenvalue weighted by atomic mass is 10.1. The van der Waals surface area contributed by atoms with Crippen molar-refractivity contribution >= 4 is 11.8 Å². The summed E-state index contributed by atoms with van der Waals surface area (Å²) in [5, 5.41) is 5.66. The fourth-order valence-corrected chi connectivity index (χ4v) is 2.68. The molecule has 2 amide bonds. The summed E-state index contributed by atoms with van der Waals surface area (Å²) in [5.74, 6) is 0.292. The Hall–Kier alpha value is -3.67. The topological polar surface area (TPSA) is 80.3 Å². The van der Waals surface area contributed by atoms with E-state index in [2.05, 4.69) is 15.6 Å². The van der Waals surface area contributed by atoms with E-state index < -0.39 is 0 Å². The van der Waals surface area contributed by atoms with E-state index in [1.807, 2.05) is 42.5 Å². The maximum atomic E-state index is 12.3. The van der Waals surface area contributed by atoms with Crippen molar-refractivity contribution in [3.63, 3.8) is 0 Å². The quantitative estimate of drug-likeness (QED) is 0.665. The molecular formula is C22H21N3O3. The molecule has 6 heteroatoms. The average Bonchev–Trinajstić information content (AvgIpc) is 2.76. The minimum Gasteiger partial charge on any atom is -0.496 e. The van der Waals surface area contributed by atoms with Gasteiger partial charge in [-0.25, -0.2) is 0 Å².